The molecule has 8 nitrogen and oxygen atoms in total. The molecule has 0 unspecified atom stereocenters. The number of hydrogen-bond donors (Lipinski definition) is 1. The Morgan fingerprint density at radius 3 is 2.25 bits per heavy atom. The third kappa shape index (κ3) is 6.06. The van der Waals surface area contributed by atoms with Crippen LogP contribution >= 0.6 is 0 Å². The second kappa shape index (κ2) is 12.9. The summed E-state index contributed by atoms with van der Waals surface area (Å²) in [5, 5.41) is 4.84. The number of nitrogens with one attached hydrogen (secondary N) is 1. The van der Waals surface area contributed by atoms with Crippen molar-refractivity contribution < 1.29 is 19.1 Å². The number of piperazine rings is 1. The molecule has 1 saturated heterocycles. The van der Waals surface area contributed by atoms with Gasteiger partial charge in [0.15, 0.2) is 0 Å². The lowest BCUT2D eigenvalue weighted by Gasteiger charge is -2.36. The fourth-order valence-corrected chi connectivity index (χ4v) is 5.59. The van der Waals surface area contributed by atoms with Gasteiger partial charge in [-0.2, -0.15) is 0 Å². The van der Waals surface area contributed by atoms with E-state index < -0.39 is 0 Å². The normalized spacial score (nSPS) is 13.0. The third-order valence-corrected chi connectivity index (χ3v) is 7.90. The van der Waals surface area contributed by atoms with Crippen LogP contribution in [-0.2, 0) is 0 Å². The van der Waals surface area contributed by atoms with E-state index in [9.17, 15) is 9.59 Å². The van der Waals surface area contributed by atoms with Crippen LogP contribution in [0.25, 0.3) is 21.9 Å². The highest BCUT2D eigenvalue weighted by Gasteiger charge is 2.24. The summed E-state index contributed by atoms with van der Waals surface area (Å²) in [5.41, 5.74) is 4.96. The average molecular weight is 587 g/mol. The molecular formula is C36H34N4O4. The highest BCUT2D eigenvalue weighted by atomic mass is 16.5. The van der Waals surface area contributed by atoms with Gasteiger partial charge in [0.05, 0.1) is 19.9 Å². The van der Waals surface area contributed by atoms with Gasteiger partial charge in [0, 0.05) is 60.4 Å². The maximum absolute atomic E-state index is 13.8. The summed E-state index contributed by atoms with van der Waals surface area (Å²) < 4.78 is 10.8. The molecule has 1 aliphatic heterocycles. The molecule has 5 aromatic rings. The van der Waals surface area contributed by atoms with E-state index in [-0.39, 0.29) is 11.8 Å². The molecule has 0 atom stereocenters. The molecule has 2 amide bonds. The Labute approximate surface area is 256 Å². The summed E-state index contributed by atoms with van der Waals surface area (Å²) in [5.74, 6) is 1.31. The van der Waals surface area contributed by atoms with Crippen molar-refractivity contribution in [3.63, 3.8) is 0 Å². The van der Waals surface area contributed by atoms with E-state index in [1.165, 1.54) is 0 Å². The summed E-state index contributed by atoms with van der Waals surface area (Å²) >= 11 is 0. The van der Waals surface area contributed by atoms with Crippen LogP contribution in [-0.4, -0.2) is 61.6 Å². The molecule has 4 aromatic carbocycles. The van der Waals surface area contributed by atoms with Gasteiger partial charge in [-0.05, 0) is 83.9 Å². The first kappa shape index (κ1) is 28.7. The standard InChI is InChI=1S/C36H34N4O4/c1-3-44-30-22-26(23-37-24-30)31-16-17-34(33-7-5-4-6-32(31)33)36(42)40-20-18-39(19-21-40)28-12-8-25(9-13-28)35(41)38-27-10-14-29(43-2)15-11-27/h4-17,22-24H,3,18-21H2,1-2H3,(H,38,41). The van der Waals surface area contributed by atoms with Gasteiger partial charge in [-0.15, -0.1) is 0 Å². The Bertz CT molecular complexity index is 1780. The topological polar surface area (TPSA) is 84.0 Å². The number of nitrogens with zero attached hydrogens (tertiary/aromatic N) is 3. The lowest BCUT2D eigenvalue weighted by atomic mass is 9.95. The molecule has 0 spiro atoms. The Morgan fingerprint density at radius 2 is 1.55 bits per heavy atom. The number of benzene rings is 4. The number of amides is 2. The Hall–Kier alpha value is -5.37. The van der Waals surface area contributed by atoms with E-state index in [4.69, 9.17) is 9.47 Å². The summed E-state index contributed by atoms with van der Waals surface area (Å²) in [6.07, 6.45) is 3.53. The molecule has 1 aliphatic rings. The number of rotatable bonds is 8. The zero-order valence-corrected chi connectivity index (χ0v) is 24.8. The van der Waals surface area contributed by atoms with Crippen LogP contribution in [0.3, 0.4) is 0 Å². The van der Waals surface area contributed by atoms with Crippen molar-refractivity contribution in [1.82, 2.24) is 9.88 Å². The van der Waals surface area contributed by atoms with E-state index in [1.54, 1.807) is 13.3 Å². The molecule has 0 aliphatic carbocycles. The van der Waals surface area contributed by atoms with Crippen LogP contribution in [0, 0.1) is 0 Å². The van der Waals surface area contributed by atoms with Crippen molar-refractivity contribution in [2.45, 2.75) is 6.92 Å². The van der Waals surface area contributed by atoms with Gasteiger partial charge in [0.2, 0.25) is 0 Å². The molecule has 1 fully saturated rings. The monoisotopic (exact) mass is 586 g/mol. The first-order valence-corrected chi connectivity index (χ1v) is 14.7. The highest BCUT2D eigenvalue weighted by molar-refractivity contribution is 6.11. The summed E-state index contributed by atoms with van der Waals surface area (Å²) in [4.78, 5) is 35.0. The third-order valence-electron chi connectivity index (χ3n) is 7.90. The number of anilines is 2. The van der Waals surface area contributed by atoms with Crippen LogP contribution in [0.4, 0.5) is 11.4 Å². The molecule has 0 bridgehead atoms. The Kier molecular flexibility index (Phi) is 8.41. The van der Waals surface area contributed by atoms with Crippen molar-refractivity contribution >= 4 is 34.0 Å². The number of fused-ring (bicyclic) bond motifs is 1. The van der Waals surface area contributed by atoms with Gasteiger partial charge in [0.1, 0.15) is 11.5 Å². The molecule has 6 rings (SSSR count). The zero-order chi connectivity index (χ0) is 30.5. The number of ether oxygens (including phenoxy) is 2. The van der Waals surface area contributed by atoms with Crippen LogP contribution in [0.2, 0.25) is 0 Å². The van der Waals surface area contributed by atoms with Crippen LogP contribution in [0.5, 0.6) is 11.5 Å². The number of aromatic nitrogens is 1. The summed E-state index contributed by atoms with van der Waals surface area (Å²) in [7, 11) is 1.61. The number of methoxy groups -OCH3 is 1. The van der Waals surface area contributed by atoms with E-state index >= 15 is 0 Å². The predicted octanol–water partition coefficient (Wildman–Crippen LogP) is 6.52. The fraction of sp³-hybridized carbons (Fsp3) is 0.194. The van der Waals surface area contributed by atoms with E-state index in [1.807, 2.05) is 109 Å². The van der Waals surface area contributed by atoms with Gasteiger partial charge in [-0.1, -0.05) is 30.3 Å². The predicted molar refractivity (Wildman–Crippen MR) is 174 cm³/mol. The molecule has 222 valence electrons. The molecule has 44 heavy (non-hydrogen) atoms. The van der Waals surface area contributed by atoms with Crippen molar-refractivity contribution in [2.75, 3.05) is 50.1 Å². The molecule has 0 saturated carbocycles. The Morgan fingerprint density at radius 1 is 0.818 bits per heavy atom. The second-order valence-electron chi connectivity index (χ2n) is 10.6. The fourth-order valence-electron chi connectivity index (χ4n) is 5.59. The van der Waals surface area contributed by atoms with Crippen molar-refractivity contribution in [2.24, 2.45) is 0 Å². The van der Waals surface area contributed by atoms with E-state index in [0.29, 0.717) is 49.6 Å². The maximum Gasteiger partial charge on any atom is 0.255 e. The minimum Gasteiger partial charge on any atom is -0.497 e. The van der Waals surface area contributed by atoms with E-state index in [2.05, 4.69) is 15.2 Å². The van der Waals surface area contributed by atoms with Gasteiger partial charge < -0.3 is 24.6 Å². The molecule has 1 aromatic heterocycles. The van der Waals surface area contributed by atoms with Gasteiger partial charge in [0.25, 0.3) is 11.8 Å². The second-order valence-corrected chi connectivity index (χ2v) is 10.6. The van der Waals surface area contributed by atoms with Gasteiger partial charge in [-0.3, -0.25) is 14.6 Å². The Balaban J connectivity index is 1.12. The van der Waals surface area contributed by atoms with Crippen molar-refractivity contribution in [3.05, 3.63) is 115 Å². The average Bonchev–Trinajstić information content (AvgIpc) is 3.08. The highest BCUT2D eigenvalue weighted by Crippen LogP contribution is 2.33. The van der Waals surface area contributed by atoms with Crippen LogP contribution in [0.15, 0.2) is 103 Å². The molecule has 8 heteroatoms. The number of carbonyl (C=O) groups is 2. The number of pyridine rings is 1. The maximum atomic E-state index is 13.8. The van der Waals surface area contributed by atoms with Crippen LogP contribution < -0.4 is 19.7 Å². The molecule has 0 radical (unpaired) electrons. The largest absolute Gasteiger partial charge is 0.497 e. The summed E-state index contributed by atoms with van der Waals surface area (Å²) in [6.45, 7) is 5.14. The number of carbonyl (C=O) groups excluding carboxylic acids is 2. The minimum absolute atomic E-state index is 0.0270. The minimum atomic E-state index is -0.173. The van der Waals surface area contributed by atoms with Crippen molar-refractivity contribution in [1.29, 1.82) is 0 Å². The lowest BCUT2D eigenvalue weighted by Crippen LogP contribution is -2.48. The molecular weight excluding hydrogens is 552 g/mol. The van der Waals surface area contributed by atoms with Gasteiger partial charge in [-0.25, -0.2) is 0 Å². The van der Waals surface area contributed by atoms with Gasteiger partial charge >= 0.3 is 0 Å². The van der Waals surface area contributed by atoms with Crippen LogP contribution in [0.1, 0.15) is 27.6 Å². The quantitative estimate of drug-likeness (QED) is 0.223. The van der Waals surface area contributed by atoms with E-state index in [0.717, 1.165) is 39.1 Å². The molecule has 1 N–H and O–H groups in total. The first-order valence-electron chi connectivity index (χ1n) is 14.7. The number of hydrogen-bond acceptors (Lipinski definition) is 6. The first-order chi connectivity index (χ1) is 21.5. The lowest BCUT2D eigenvalue weighted by molar-refractivity contribution is 0.0748. The summed E-state index contributed by atoms with van der Waals surface area (Å²) in [6, 6.07) is 28.8. The smallest absolute Gasteiger partial charge is 0.255 e. The SMILES string of the molecule is CCOc1cncc(-c2ccc(C(=O)N3CCN(c4ccc(C(=O)Nc5ccc(OC)cc5)cc4)CC3)c3ccccc23)c1. The zero-order valence-electron chi connectivity index (χ0n) is 24.8. The van der Waals surface area contributed by atoms with Crippen molar-refractivity contribution in [3.8, 4) is 22.6 Å². The molecule has 2 heterocycles.